The van der Waals surface area contributed by atoms with Gasteiger partial charge in [0, 0.05) is 23.8 Å². The SMILES string of the molecule is CCC1CCCCCN1C(=O)c1cc(N)nc(C(C)C)c1. The molecule has 1 aliphatic heterocycles. The van der Waals surface area contributed by atoms with Crippen LogP contribution in [-0.4, -0.2) is 28.4 Å². The molecule has 116 valence electrons. The number of nitrogens with two attached hydrogens (primary N) is 1. The van der Waals surface area contributed by atoms with Crippen LogP contribution in [0.5, 0.6) is 0 Å². The van der Waals surface area contributed by atoms with Crippen molar-refractivity contribution >= 4 is 11.7 Å². The fraction of sp³-hybridized carbons (Fsp3) is 0.647. The van der Waals surface area contributed by atoms with Crippen molar-refractivity contribution in [2.45, 2.75) is 64.8 Å². The van der Waals surface area contributed by atoms with Crippen LogP contribution in [0.15, 0.2) is 12.1 Å². The number of nitrogen functional groups attached to an aromatic ring is 1. The molecular formula is C17H27N3O. The molecule has 0 bridgehead atoms. The smallest absolute Gasteiger partial charge is 0.254 e. The summed E-state index contributed by atoms with van der Waals surface area (Å²) in [5, 5.41) is 0. The van der Waals surface area contributed by atoms with Crippen LogP contribution in [0.25, 0.3) is 0 Å². The molecule has 4 nitrogen and oxygen atoms in total. The number of hydrogen-bond donors (Lipinski definition) is 1. The molecule has 0 aliphatic carbocycles. The first-order valence-corrected chi connectivity index (χ1v) is 8.11. The lowest BCUT2D eigenvalue weighted by Gasteiger charge is -2.29. The number of likely N-dealkylation sites (tertiary alicyclic amines) is 1. The molecular weight excluding hydrogens is 262 g/mol. The van der Waals surface area contributed by atoms with Crippen LogP contribution in [0.1, 0.15) is 74.8 Å². The van der Waals surface area contributed by atoms with E-state index >= 15 is 0 Å². The molecule has 1 unspecified atom stereocenters. The summed E-state index contributed by atoms with van der Waals surface area (Å²) in [5.41, 5.74) is 7.46. The lowest BCUT2D eigenvalue weighted by Crippen LogP contribution is -2.39. The van der Waals surface area contributed by atoms with Crippen LogP contribution in [0.3, 0.4) is 0 Å². The monoisotopic (exact) mass is 289 g/mol. The predicted molar refractivity (Wildman–Crippen MR) is 86.3 cm³/mol. The highest BCUT2D eigenvalue weighted by atomic mass is 16.2. The van der Waals surface area contributed by atoms with Crippen molar-refractivity contribution in [2.75, 3.05) is 12.3 Å². The van der Waals surface area contributed by atoms with Gasteiger partial charge in [-0.25, -0.2) is 4.98 Å². The Morgan fingerprint density at radius 1 is 1.38 bits per heavy atom. The maximum Gasteiger partial charge on any atom is 0.254 e. The van der Waals surface area contributed by atoms with E-state index in [9.17, 15) is 4.79 Å². The summed E-state index contributed by atoms with van der Waals surface area (Å²) in [6.45, 7) is 7.15. The molecule has 1 saturated heterocycles. The Morgan fingerprint density at radius 2 is 2.14 bits per heavy atom. The van der Waals surface area contributed by atoms with Crippen LogP contribution >= 0.6 is 0 Å². The van der Waals surface area contributed by atoms with Crippen LogP contribution in [0, 0.1) is 0 Å². The van der Waals surface area contributed by atoms with Crippen molar-refractivity contribution in [2.24, 2.45) is 0 Å². The van der Waals surface area contributed by atoms with Crippen LogP contribution in [0.2, 0.25) is 0 Å². The number of rotatable bonds is 3. The molecule has 1 aromatic heterocycles. The second-order valence-electron chi connectivity index (χ2n) is 6.27. The second kappa shape index (κ2) is 6.92. The fourth-order valence-corrected chi connectivity index (χ4v) is 3.03. The molecule has 4 heteroatoms. The molecule has 0 radical (unpaired) electrons. The highest BCUT2D eigenvalue weighted by molar-refractivity contribution is 5.95. The zero-order chi connectivity index (χ0) is 15.4. The van der Waals surface area contributed by atoms with E-state index in [-0.39, 0.29) is 11.8 Å². The standard InChI is InChI=1S/C17H27N3O/c1-4-14-8-6-5-7-9-20(14)17(21)13-10-15(12(2)3)19-16(18)11-13/h10-12,14H,4-9H2,1-3H3,(H2,18,19). The molecule has 1 atom stereocenters. The number of carbonyl (C=O) groups excluding carboxylic acids is 1. The fourth-order valence-electron chi connectivity index (χ4n) is 3.03. The summed E-state index contributed by atoms with van der Waals surface area (Å²) in [6.07, 6.45) is 5.66. The second-order valence-corrected chi connectivity index (χ2v) is 6.27. The topological polar surface area (TPSA) is 59.2 Å². The molecule has 2 N–H and O–H groups in total. The minimum absolute atomic E-state index is 0.111. The van der Waals surface area contributed by atoms with Crippen molar-refractivity contribution < 1.29 is 4.79 Å². The van der Waals surface area contributed by atoms with Crippen molar-refractivity contribution in [3.05, 3.63) is 23.4 Å². The number of nitrogens with zero attached hydrogens (tertiary/aromatic N) is 2. The Balaban J connectivity index is 2.29. The number of anilines is 1. The van der Waals surface area contributed by atoms with Crippen molar-refractivity contribution in [3.8, 4) is 0 Å². The first-order valence-electron chi connectivity index (χ1n) is 8.11. The molecule has 2 heterocycles. The Hall–Kier alpha value is -1.58. The summed E-state index contributed by atoms with van der Waals surface area (Å²) < 4.78 is 0. The molecule has 0 saturated carbocycles. The molecule has 2 rings (SSSR count). The van der Waals surface area contributed by atoms with E-state index in [4.69, 9.17) is 5.73 Å². The Morgan fingerprint density at radius 3 is 2.81 bits per heavy atom. The van der Waals surface area contributed by atoms with Gasteiger partial charge in [0.1, 0.15) is 5.82 Å². The van der Waals surface area contributed by atoms with Gasteiger partial charge in [0.05, 0.1) is 0 Å². The van der Waals surface area contributed by atoms with Gasteiger partial charge in [0.15, 0.2) is 0 Å². The van der Waals surface area contributed by atoms with Gasteiger partial charge in [0.2, 0.25) is 0 Å². The van der Waals surface area contributed by atoms with E-state index in [0.717, 1.165) is 31.5 Å². The molecule has 1 aromatic rings. The number of amides is 1. The van der Waals surface area contributed by atoms with Gasteiger partial charge < -0.3 is 10.6 Å². The summed E-state index contributed by atoms with van der Waals surface area (Å²) in [5.74, 6) is 0.818. The largest absolute Gasteiger partial charge is 0.384 e. The van der Waals surface area contributed by atoms with E-state index in [1.165, 1.54) is 12.8 Å². The number of aromatic nitrogens is 1. The predicted octanol–water partition coefficient (Wildman–Crippen LogP) is 3.58. The minimum Gasteiger partial charge on any atom is -0.384 e. The van der Waals surface area contributed by atoms with Gasteiger partial charge in [-0.15, -0.1) is 0 Å². The van der Waals surface area contributed by atoms with E-state index in [0.29, 0.717) is 17.4 Å². The first kappa shape index (κ1) is 15.8. The zero-order valence-corrected chi connectivity index (χ0v) is 13.4. The van der Waals surface area contributed by atoms with Crippen molar-refractivity contribution in [1.29, 1.82) is 0 Å². The quantitative estimate of drug-likeness (QED) is 0.925. The van der Waals surface area contributed by atoms with Crippen LogP contribution in [-0.2, 0) is 0 Å². The van der Waals surface area contributed by atoms with Gasteiger partial charge in [-0.1, -0.05) is 33.6 Å². The van der Waals surface area contributed by atoms with Gasteiger partial charge in [-0.2, -0.15) is 0 Å². The maximum absolute atomic E-state index is 12.9. The lowest BCUT2D eigenvalue weighted by molar-refractivity contribution is 0.0678. The van der Waals surface area contributed by atoms with E-state index in [1.54, 1.807) is 6.07 Å². The van der Waals surface area contributed by atoms with Gasteiger partial charge in [-0.05, 0) is 37.3 Å². The van der Waals surface area contributed by atoms with Gasteiger partial charge in [0.25, 0.3) is 5.91 Å². The van der Waals surface area contributed by atoms with E-state index in [2.05, 4.69) is 25.8 Å². The Bertz CT molecular complexity index is 499. The van der Waals surface area contributed by atoms with Crippen molar-refractivity contribution in [1.82, 2.24) is 9.88 Å². The van der Waals surface area contributed by atoms with Crippen LogP contribution in [0.4, 0.5) is 5.82 Å². The third kappa shape index (κ3) is 3.74. The number of carbonyl (C=O) groups is 1. The summed E-state index contributed by atoms with van der Waals surface area (Å²) >= 11 is 0. The number of hydrogen-bond acceptors (Lipinski definition) is 3. The van der Waals surface area contributed by atoms with Gasteiger partial charge >= 0.3 is 0 Å². The molecule has 1 aliphatic rings. The van der Waals surface area contributed by atoms with Crippen molar-refractivity contribution in [3.63, 3.8) is 0 Å². The first-order chi connectivity index (χ1) is 10.0. The highest BCUT2D eigenvalue weighted by Crippen LogP contribution is 2.23. The zero-order valence-electron chi connectivity index (χ0n) is 13.4. The summed E-state index contributed by atoms with van der Waals surface area (Å²) in [6, 6.07) is 3.98. The van der Waals surface area contributed by atoms with Gasteiger partial charge in [-0.3, -0.25) is 4.79 Å². The average Bonchev–Trinajstić information content (AvgIpc) is 2.70. The normalized spacial score (nSPS) is 19.6. The van der Waals surface area contributed by atoms with E-state index < -0.39 is 0 Å². The Kier molecular flexibility index (Phi) is 5.21. The maximum atomic E-state index is 12.9. The molecule has 0 aromatic carbocycles. The summed E-state index contributed by atoms with van der Waals surface area (Å²) in [4.78, 5) is 19.3. The minimum atomic E-state index is 0.111. The molecule has 21 heavy (non-hydrogen) atoms. The average molecular weight is 289 g/mol. The lowest BCUT2D eigenvalue weighted by atomic mass is 10.0. The Labute approximate surface area is 127 Å². The summed E-state index contributed by atoms with van der Waals surface area (Å²) in [7, 11) is 0. The third-order valence-corrected chi connectivity index (χ3v) is 4.31. The van der Waals surface area contributed by atoms with E-state index in [1.807, 2.05) is 11.0 Å². The van der Waals surface area contributed by atoms with Crippen LogP contribution < -0.4 is 5.73 Å². The third-order valence-electron chi connectivity index (χ3n) is 4.31. The highest BCUT2D eigenvalue weighted by Gasteiger charge is 2.25. The number of pyridine rings is 1. The molecule has 0 spiro atoms. The molecule has 1 amide bonds. The molecule has 1 fully saturated rings.